The van der Waals surface area contributed by atoms with Gasteiger partial charge in [-0.15, -0.1) is 0 Å². The number of hydrogen-bond donors (Lipinski definition) is 2. The molecule has 1 aromatic heterocycles. The number of nitrogens with one attached hydrogen (secondary N) is 1. The van der Waals surface area contributed by atoms with Crippen molar-refractivity contribution in [1.29, 1.82) is 5.26 Å². The quantitative estimate of drug-likeness (QED) is 0.652. The number of nitriles is 1. The zero-order valence-electron chi connectivity index (χ0n) is 17.7. The summed E-state index contributed by atoms with van der Waals surface area (Å²) in [5.74, 6) is 0.0815. The number of aromatic nitrogens is 2. The minimum atomic E-state index is -0.746. The van der Waals surface area contributed by atoms with Gasteiger partial charge in [0.1, 0.15) is 35.0 Å². The minimum absolute atomic E-state index is 0.0863. The van der Waals surface area contributed by atoms with Crippen LogP contribution in [0.3, 0.4) is 0 Å². The molecule has 3 aromatic rings. The first kappa shape index (κ1) is 21.5. The summed E-state index contributed by atoms with van der Waals surface area (Å²) in [7, 11) is 0. The largest absolute Gasteiger partial charge is 0.340 e. The van der Waals surface area contributed by atoms with Crippen LogP contribution in [0.1, 0.15) is 25.2 Å². The van der Waals surface area contributed by atoms with Crippen LogP contribution in [0, 0.1) is 23.0 Å². The lowest BCUT2D eigenvalue weighted by atomic mass is 9.99. The van der Waals surface area contributed by atoms with Gasteiger partial charge in [-0.05, 0) is 56.3 Å². The van der Waals surface area contributed by atoms with Crippen molar-refractivity contribution in [3.8, 4) is 17.3 Å². The van der Waals surface area contributed by atoms with Crippen LogP contribution in [0.5, 0.6) is 0 Å². The maximum Gasteiger partial charge on any atom is 0.237 e. The Morgan fingerprint density at radius 3 is 2.59 bits per heavy atom. The molecule has 0 saturated carbocycles. The van der Waals surface area contributed by atoms with Gasteiger partial charge in [-0.1, -0.05) is 0 Å². The van der Waals surface area contributed by atoms with E-state index in [4.69, 9.17) is 10.7 Å². The van der Waals surface area contributed by atoms with Gasteiger partial charge in [-0.25, -0.2) is 13.8 Å². The van der Waals surface area contributed by atoms with E-state index in [0.717, 1.165) is 0 Å². The summed E-state index contributed by atoms with van der Waals surface area (Å²) < 4.78 is 29.3. The van der Waals surface area contributed by atoms with Crippen molar-refractivity contribution in [2.45, 2.75) is 25.9 Å². The minimum Gasteiger partial charge on any atom is -0.340 e. The van der Waals surface area contributed by atoms with Gasteiger partial charge >= 0.3 is 0 Å². The molecule has 1 aliphatic rings. The average molecular weight is 436 g/mol. The maximum atomic E-state index is 13.8. The Morgan fingerprint density at radius 1 is 1.22 bits per heavy atom. The van der Waals surface area contributed by atoms with Crippen LogP contribution in [0.4, 0.5) is 20.3 Å². The fraction of sp³-hybridized carbons (Fsp3) is 0.261. The van der Waals surface area contributed by atoms with Gasteiger partial charge in [0.15, 0.2) is 0 Å². The molecule has 0 aliphatic carbocycles. The molecule has 0 saturated heterocycles. The third-order valence-electron chi connectivity index (χ3n) is 5.68. The van der Waals surface area contributed by atoms with E-state index in [0.29, 0.717) is 41.7 Å². The summed E-state index contributed by atoms with van der Waals surface area (Å²) in [6.45, 7) is 4.56. The predicted octanol–water partition coefficient (Wildman–Crippen LogP) is 3.48. The molecule has 0 spiro atoms. The molecule has 0 fully saturated rings. The Kier molecular flexibility index (Phi) is 5.40. The van der Waals surface area contributed by atoms with Crippen molar-refractivity contribution in [3.63, 3.8) is 0 Å². The van der Waals surface area contributed by atoms with Gasteiger partial charge in [-0.3, -0.25) is 4.79 Å². The van der Waals surface area contributed by atoms with E-state index >= 15 is 0 Å². The monoisotopic (exact) mass is 436 g/mol. The van der Waals surface area contributed by atoms with Crippen molar-refractivity contribution in [2.24, 2.45) is 5.73 Å². The van der Waals surface area contributed by atoms with Crippen LogP contribution in [-0.2, 0) is 16.9 Å². The van der Waals surface area contributed by atoms with E-state index in [1.165, 1.54) is 30.3 Å². The summed E-state index contributed by atoms with van der Waals surface area (Å²) >= 11 is 0. The van der Waals surface area contributed by atoms with E-state index < -0.39 is 11.4 Å². The first-order chi connectivity index (χ1) is 15.3. The number of nitrogens with two attached hydrogens (primary N) is 1. The van der Waals surface area contributed by atoms with Crippen molar-refractivity contribution >= 4 is 17.4 Å². The summed E-state index contributed by atoms with van der Waals surface area (Å²) in [4.78, 5) is 18.9. The summed E-state index contributed by atoms with van der Waals surface area (Å²) in [5.41, 5.74) is 6.50. The lowest BCUT2D eigenvalue weighted by molar-refractivity contribution is -0.137. The first-order valence-corrected chi connectivity index (χ1v) is 10.1. The van der Waals surface area contributed by atoms with Gasteiger partial charge in [0.25, 0.3) is 0 Å². The van der Waals surface area contributed by atoms with E-state index in [2.05, 4.69) is 5.32 Å². The molecule has 1 amide bonds. The number of amides is 1. The summed E-state index contributed by atoms with van der Waals surface area (Å²) in [6, 6.07) is 11.9. The molecule has 9 heteroatoms. The molecule has 0 atom stereocenters. The zero-order valence-corrected chi connectivity index (χ0v) is 17.7. The van der Waals surface area contributed by atoms with Crippen LogP contribution in [0.25, 0.3) is 11.3 Å². The highest BCUT2D eigenvalue weighted by molar-refractivity contribution is 5.80. The van der Waals surface area contributed by atoms with Crippen molar-refractivity contribution in [2.75, 3.05) is 18.4 Å². The highest BCUT2D eigenvalue weighted by Crippen LogP contribution is 2.39. The van der Waals surface area contributed by atoms with Crippen LogP contribution in [0.2, 0.25) is 0 Å². The second-order valence-corrected chi connectivity index (χ2v) is 8.03. The van der Waals surface area contributed by atoms with E-state index in [-0.39, 0.29) is 23.8 Å². The molecule has 0 radical (unpaired) electrons. The molecule has 32 heavy (non-hydrogen) atoms. The number of nitrogens with zero attached hydrogens (tertiary/aromatic N) is 4. The number of fused-ring (bicyclic) bond motifs is 1. The van der Waals surface area contributed by atoms with Gasteiger partial charge < -0.3 is 20.5 Å². The standard InChI is InChI=1S/C23H22F2N6O/c1-23(2)22-29-20(14-3-5-16(24)6-4-14)21(30(22)9-10-31(23)19(32)13-27)28-17-7-8-18(25)15(11-17)12-26/h3-8,11,28H,9-10,13,27H2,1-2H3. The van der Waals surface area contributed by atoms with Crippen LogP contribution in [0.15, 0.2) is 42.5 Å². The SMILES string of the molecule is CC1(C)c2nc(-c3ccc(F)cc3)c(Nc3ccc(F)c(C#N)c3)n2CCN1C(=O)CN. The first-order valence-electron chi connectivity index (χ1n) is 10.1. The second kappa shape index (κ2) is 8.05. The Morgan fingerprint density at radius 2 is 1.94 bits per heavy atom. The summed E-state index contributed by atoms with van der Waals surface area (Å²) in [5, 5.41) is 12.4. The lowest BCUT2D eigenvalue weighted by Gasteiger charge is -2.42. The van der Waals surface area contributed by atoms with Gasteiger partial charge in [-0.2, -0.15) is 5.26 Å². The number of anilines is 2. The lowest BCUT2D eigenvalue weighted by Crippen LogP contribution is -2.53. The van der Waals surface area contributed by atoms with E-state index in [9.17, 15) is 18.8 Å². The molecule has 2 aromatic carbocycles. The van der Waals surface area contributed by atoms with Crippen LogP contribution >= 0.6 is 0 Å². The van der Waals surface area contributed by atoms with Crippen molar-refractivity contribution in [1.82, 2.24) is 14.5 Å². The zero-order chi connectivity index (χ0) is 23.0. The maximum absolute atomic E-state index is 13.8. The molecule has 4 rings (SSSR count). The number of rotatable bonds is 4. The Hall–Kier alpha value is -3.77. The Balaban J connectivity index is 1.87. The molecule has 2 heterocycles. The van der Waals surface area contributed by atoms with Crippen LogP contribution < -0.4 is 11.1 Å². The Labute approximate surface area is 184 Å². The molecule has 1 aliphatic heterocycles. The Bertz CT molecular complexity index is 1230. The van der Waals surface area contributed by atoms with Crippen molar-refractivity contribution in [3.05, 3.63) is 65.5 Å². The van der Waals surface area contributed by atoms with E-state index in [1.54, 1.807) is 17.0 Å². The molecular weight excluding hydrogens is 414 g/mol. The normalized spacial score (nSPS) is 14.6. The number of benzene rings is 2. The molecule has 0 bridgehead atoms. The third-order valence-corrected chi connectivity index (χ3v) is 5.68. The fourth-order valence-electron chi connectivity index (χ4n) is 4.05. The predicted molar refractivity (Wildman–Crippen MR) is 116 cm³/mol. The molecule has 3 N–H and O–H groups in total. The summed E-state index contributed by atoms with van der Waals surface area (Å²) in [6.07, 6.45) is 0. The highest BCUT2D eigenvalue weighted by Gasteiger charge is 2.41. The number of halogens is 2. The molecule has 0 unspecified atom stereocenters. The fourth-order valence-corrected chi connectivity index (χ4v) is 4.05. The van der Waals surface area contributed by atoms with Gasteiger partial charge in [0.05, 0.1) is 17.6 Å². The van der Waals surface area contributed by atoms with E-state index in [1.807, 2.05) is 24.5 Å². The van der Waals surface area contributed by atoms with Gasteiger partial charge in [0, 0.05) is 24.3 Å². The topological polar surface area (TPSA) is 100.0 Å². The number of imidazole rings is 1. The van der Waals surface area contributed by atoms with Crippen LogP contribution in [-0.4, -0.2) is 33.4 Å². The molecular formula is C23H22F2N6O. The van der Waals surface area contributed by atoms with Crippen molar-refractivity contribution < 1.29 is 13.6 Å². The smallest absolute Gasteiger partial charge is 0.237 e. The third kappa shape index (κ3) is 3.59. The molecule has 164 valence electrons. The number of carbonyl (C=O) groups excluding carboxylic acids is 1. The van der Waals surface area contributed by atoms with Gasteiger partial charge in [0.2, 0.25) is 5.91 Å². The average Bonchev–Trinajstić information content (AvgIpc) is 3.14. The molecule has 7 nitrogen and oxygen atoms in total. The number of hydrogen-bond acceptors (Lipinski definition) is 5. The highest BCUT2D eigenvalue weighted by atomic mass is 19.1. The second-order valence-electron chi connectivity index (χ2n) is 8.03. The number of carbonyl (C=O) groups is 1.